The van der Waals surface area contributed by atoms with Crippen molar-refractivity contribution in [3.05, 3.63) is 117 Å². The second kappa shape index (κ2) is 27.2. The van der Waals surface area contributed by atoms with Crippen molar-refractivity contribution in [3.8, 4) is 17.2 Å². The molecule has 4 nitrogen and oxygen atoms in total. The highest BCUT2D eigenvalue weighted by Gasteiger charge is 2.47. The van der Waals surface area contributed by atoms with Crippen molar-refractivity contribution in [3.63, 3.8) is 0 Å². The van der Waals surface area contributed by atoms with Gasteiger partial charge in [0.2, 0.25) is 0 Å². The first-order valence-electron chi connectivity index (χ1n) is 23.6. The molecule has 0 spiro atoms. The van der Waals surface area contributed by atoms with Gasteiger partial charge in [-0.2, -0.15) is 124 Å². The van der Waals surface area contributed by atoms with Gasteiger partial charge in [0.1, 0.15) is 17.1 Å². The van der Waals surface area contributed by atoms with Crippen molar-refractivity contribution < 1.29 is 124 Å². The van der Waals surface area contributed by atoms with E-state index in [1.807, 2.05) is 0 Å². The lowest BCUT2D eigenvalue weighted by atomic mass is 10.0. The van der Waals surface area contributed by atoms with E-state index in [0.29, 0.717) is 31.4 Å². The predicted octanol–water partition coefficient (Wildman–Crippen LogP) is 18.5. The van der Waals surface area contributed by atoms with Crippen LogP contribution in [0.3, 0.4) is 0 Å². The van der Waals surface area contributed by atoms with Crippen molar-refractivity contribution in [2.75, 3.05) is 13.1 Å². The van der Waals surface area contributed by atoms with Gasteiger partial charge in [-0.3, -0.25) is 4.90 Å². The number of benzene rings is 4. The molecule has 0 saturated heterocycles. The summed E-state index contributed by atoms with van der Waals surface area (Å²) in [5, 5.41) is 0. The first-order valence-corrected chi connectivity index (χ1v) is 23.6. The molecule has 0 aromatic heterocycles. The zero-order valence-corrected chi connectivity index (χ0v) is 40.8. The molecule has 78 heavy (non-hydrogen) atoms. The molecule has 1 atom stereocenters. The van der Waals surface area contributed by atoms with Gasteiger partial charge < -0.3 is 14.0 Å². The monoisotopic (exact) mass is 1170 g/mol. The lowest BCUT2D eigenvalue weighted by molar-refractivity contribution is -0.834. The molecule has 0 heterocycles. The maximum atomic E-state index is 14.9. The Labute approximate surface area is 431 Å². The van der Waals surface area contributed by atoms with Crippen molar-refractivity contribution in [1.29, 1.82) is 0 Å². The number of unbranched alkanes of at least 4 members (excludes halogenated alkanes) is 11. The van der Waals surface area contributed by atoms with Crippen LogP contribution < -0.4 is 18.9 Å². The zero-order chi connectivity index (χ0) is 59.3. The van der Waals surface area contributed by atoms with E-state index in [4.69, 9.17) is 14.0 Å². The smallest absolute Gasteiger partial charge is 0.490 e. The molecule has 0 fully saturated rings. The Balaban J connectivity index is 0.000000987. The number of nitrogens with one attached hydrogen (secondary N) is 1. The molecule has 0 amide bonds. The van der Waals surface area contributed by atoms with E-state index in [2.05, 4.69) is 6.92 Å². The Bertz CT molecular complexity index is 2320. The van der Waals surface area contributed by atoms with Crippen LogP contribution >= 0.6 is 0 Å². The second-order valence-corrected chi connectivity index (χ2v) is 17.5. The molecular formula is C49H48BF24NO3. The van der Waals surface area contributed by atoms with Crippen LogP contribution in [0.25, 0.3) is 0 Å². The Kier molecular flexibility index (Phi) is 23.3. The van der Waals surface area contributed by atoms with E-state index in [9.17, 15) is 105 Å². The molecule has 0 saturated carbocycles. The minimum Gasteiger partial charge on any atom is -0.490 e. The highest BCUT2D eigenvalue weighted by Crippen LogP contribution is 2.45. The summed E-state index contributed by atoms with van der Waals surface area (Å²) in [6.07, 6.45) is -33.5. The van der Waals surface area contributed by atoms with Crippen molar-refractivity contribution in [2.24, 2.45) is 0 Å². The third kappa shape index (κ3) is 21.7. The minimum atomic E-state index is -5.62. The highest BCUT2D eigenvalue weighted by atomic mass is 19.4. The zero-order valence-electron chi connectivity index (χ0n) is 40.8. The van der Waals surface area contributed by atoms with E-state index < -0.39 is 136 Å². The van der Waals surface area contributed by atoms with Gasteiger partial charge in [0.25, 0.3) is 0 Å². The Morgan fingerprint density at radius 3 is 0.987 bits per heavy atom. The van der Waals surface area contributed by atoms with Gasteiger partial charge in [0.05, 0.1) is 40.9 Å². The van der Waals surface area contributed by atoms with Crippen LogP contribution in [-0.2, 0) is 49.4 Å². The van der Waals surface area contributed by atoms with E-state index in [-0.39, 0.29) is 73.3 Å². The average molecular weight is 1170 g/mol. The third-order valence-electron chi connectivity index (χ3n) is 11.3. The standard InChI is InChI=1S/C41H44BF18NO3.C8H3F6/c1-3-5-7-8-9-10-11-12-13-14-15-17-61(16-6-4-2)35-33(41(58,59)60)24-30(40(55,56)57)25-34(35)64-42(62-31-20-26(36(43,44)45)18-27(21-31)37(46,47)48)63-32-22-28(38(49,50)51)19-29(23-32)39(52,53)54;9-7(10,11)5-2-1-3-6(4-5)8(12,13)14/h18-25H,3-17H2,1-2H3;2-4H/q;-1/p+1. The maximum Gasteiger partial charge on any atom is 0.864 e. The minimum absolute atomic E-state index is 0.0304. The summed E-state index contributed by atoms with van der Waals surface area (Å²) in [5.74, 6) is -4.61. The Hall–Kier alpha value is -5.38. The molecular weight excluding hydrogens is 1120 g/mol. The molecule has 0 bridgehead atoms. The number of hydrogen-bond donors (Lipinski definition) is 1. The normalized spacial score (nSPS) is 13.5. The van der Waals surface area contributed by atoms with Crippen LogP contribution in [0.2, 0.25) is 0 Å². The first kappa shape index (κ1) is 66.9. The molecule has 0 aliphatic heterocycles. The summed E-state index contributed by atoms with van der Waals surface area (Å²) < 4.78 is 340. The van der Waals surface area contributed by atoms with Gasteiger partial charge in [-0.05, 0) is 67.8 Å². The number of quaternary nitrogens is 1. The molecule has 1 N–H and O–H groups in total. The number of rotatable bonds is 22. The van der Waals surface area contributed by atoms with Crippen LogP contribution in [0, 0.1) is 6.07 Å². The van der Waals surface area contributed by atoms with E-state index in [0.717, 1.165) is 51.4 Å². The van der Waals surface area contributed by atoms with Gasteiger partial charge in [0.15, 0.2) is 11.4 Å². The molecule has 4 rings (SSSR count). The first-order chi connectivity index (χ1) is 35.7. The average Bonchev–Trinajstić information content (AvgIpc) is 3.29. The fourth-order valence-corrected chi connectivity index (χ4v) is 7.41. The van der Waals surface area contributed by atoms with E-state index in [1.165, 1.54) is 0 Å². The lowest BCUT2D eigenvalue weighted by Crippen LogP contribution is -3.07. The Morgan fingerprint density at radius 2 is 0.654 bits per heavy atom. The van der Waals surface area contributed by atoms with Gasteiger partial charge in [0, 0.05) is 0 Å². The molecule has 4 aromatic rings. The summed E-state index contributed by atoms with van der Waals surface area (Å²) in [6.45, 7) is 3.27. The summed E-state index contributed by atoms with van der Waals surface area (Å²) in [7, 11) is -3.26. The number of hydrogen-bond acceptors (Lipinski definition) is 3. The molecule has 29 heteroatoms. The Morgan fingerprint density at radius 1 is 0.346 bits per heavy atom. The summed E-state index contributed by atoms with van der Waals surface area (Å²) in [5.41, 5.74) is -16.2. The fourth-order valence-electron chi connectivity index (χ4n) is 7.41. The maximum absolute atomic E-state index is 14.9. The van der Waals surface area contributed by atoms with Gasteiger partial charge in [-0.25, -0.2) is 0 Å². The molecule has 0 aliphatic carbocycles. The quantitative estimate of drug-likeness (QED) is 0.0368. The molecule has 4 aromatic carbocycles. The van der Waals surface area contributed by atoms with Crippen LogP contribution in [0.15, 0.2) is 66.7 Å². The van der Waals surface area contributed by atoms with Crippen molar-refractivity contribution >= 4 is 13.0 Å². The van der Waals surface area contributed by atoms with E-state index >= 15 is 0 Å². The molecule has 438 valence electrons. The van der Waals surface area contributed by atoms with Crippen LogP contribution in [0.4, 0.5) is 111 Å². The van der Waals surface area contributed by atoms with Crippen molar-refractivity contribution in [2.45, 2.75) is 147 Å². The van der Waals surface area contributed by atoms with Gasteiger partial charge in [-0.15, -0.1) is 6.07 Å². The number of halogens is 24. The number of alkyl halides is 24. The fraction of sp³-hybridized carbons (Fsp3) is 0.510. The lowest BCUT2D eigenvalue weighted by Gasteiger charge is -2.27. The second-order valence-electron chi connectivity index (χ2n) is 17.5. The molecule has 1 unspecified atom stereocenters. The van der Waals surface area contributed by atoms with Gasteiger partial charge in [-0.1, -0.05) is 89.2 Å². The largest absolute Gasteiger partial charge is 0.864 e. The van der Waals surface area contributed by atoms with E-state index in [1.54, 1.807) is 13.0 Å². The molecule has 0 radical (unpaired) electrons. The van der Waals surface area contributed by atoms with Crippen LogP contribution in [-0.4, -0.2) is 20.4 Å². The summed E-state index contributed by atoms with van der Waals surface area (Å²) in [6, 6.07) is 1.07. The summed E-state index contributed by atoms with van der Waals surface area (Å²) in [4.78, 5) is -0.176. The predicted molar refractivity (Wildman–Crippen MR) is 234 cm³/mol. The van der Waals surface area contributed by atoms with Gasteiger partial charge >= 0.3 is 56.7 Å². The van der Waals surface area contributed by atoms with Crippen molar-refractivity contribution in [1.82, 2.24) is 0 Å². The topological polar surface area (TPSA) is 32.1 Å². The third-order valence-corrected chi connectivity index (χ3v) is 11.3. The SMILES string of the molecule is CCCCCCCCCCCCC[NH+](CCCC)c1c(OB(Oc2cc(C(F)(F)F)cc(C(F)(F)F)c2)Oc2cc(C(F)(F)F)cc(C(F)(F)F)c2)cc(C(F)(F)F)cc1C(F)(F)F.FC(F)(F)c1c[c-]cc(C(F)(F)F)c1. The van der Waals surface area contributed by atoms with Crippen LogP contribution in [0.1, 0.15) is 142 Å². The summed E-state index contributed by atoms with van der Waals surface area (Å²) >= 11 is 0. The highest BCUT2D eigenvalue weighted by molar-refractivity contribution is 6.39. The molecule has 0 aliphatic rings. The van der Waals surface area contributed by atoms with Crippen LogP contribution in [0.5, 0.6) is 17.2 Å².